The highest BCUT2D eigenvalue weighted by atomic mass is 16.6. The van der Waals surface area contributed by atoms with Crippen LogP contribution in [0.2, 0.25) is 0 Å². The molecule has 2 aromatic heterocycles. The highest BCUT2D eigenvalue weighted by molar-refractivity contribution is 5.84. The molecule has 0 atom stereocenters. The Bertz CT molecular complexity index is 759. The quantitative estimate of drug-likeness (QED) is 0.688. The zero-order chi connectivity index (χ0) is 13.4. The minimum absolute atomic E-state index is 0.0256. The van der Waals surface area contributed by atoms with Crippen molar-refractivity contribution in [3.8, 4) is 11.5 Å². The number of hydrogen-bond donors (Lipinski definition) is 2. The average Bonchev–Trinajstić information content (AvgIpc) is 2.93. The second kappa shape index (κ2) is 4.09. The number of hydrogen-bond acceptors (Lipinski definition) is 6. The van der Waals surface area contributed by atoms with Crippen LogP contribution in [-0.4, -0.2) is 25.8 Å². The molecule has 1 aromatic carbocycles. The monoisotopic (exact) mass is 258 g/mol. The van der Waals surface area contributed by atoms with Crippen molar-refractivity contribution >= 4 is 22.8 Å². The van der Waals surface area contributed by atoms with E-state index < -0.39 is 5.91 Å². The number of amides is 1. The van der Waals surface area contributed by atoms with E-state index in [1.165, 1.54) is 0 Å². The summed E-state index contributed by atoms with van der Waals surface area (Å²) in [5.74, 6) is 0.0270. The number of imidazole rings is 1. The van der Waals surface area contributed by atoms with Crippen LogP contribution in [0.15, 0.2) is 28.9 Å². The molecule has 0 spiro atoms. The summed E-state index contributed by atoms with van der Waals surface area (Å²) in [5.41, 5.74) is 12.7. The van der Waals surface area contributed by atoms with E-state index >= 15 is 0 Å². The van der Waals surface area contributed by atoms with E-state index in [0.29, 0.717) is 11.3 Å². The van der Waals surface area contributed by atoms with Crippen LogP contribution in [0.5, 0.6) is 0 Å². The molecule has 2 heterocycles. The molecule has 3 rings (SSSR count). The van der Waals surface area contributed by atoms with Crippen molar-refractivity contribution < 1.29 is 9.42 Å². The molecule has 0 saturated heterocycles. The van der Waals surface area contributed by atoms with Crippen LogP contribution in [0.4, 0.5) is 5.82 Å². The number of para-hydroxylation sites is 2. The van der Waals surface area contributed by atoms with Gasteiger partial charge in [0.1, 0.15) is 6.54 Å². The van der Waals surface area contributed by atoms with E-state index in [-0.39, 0.29) is 18.1 Å². The Morgan fingerprint density at radius 1 is 1.32 bits per heavy atom. The maximum atomic E-state index is 11.2. The third-order valence-electron chi connectivity index (χ3n) is 2.69. The Morgan fingerprint density at radius 3 is 2.79 bits per heavy atom. The molecule has 0 saturated carbocycles. The van der Waals surface area contributed by atoms with Gasteiger partial charge < -0.3 is 16.0 Å². The first-order chi connectivity index (χ1) is 9.16. The molecule has 0 aliphatic heterocycles. The number of nitrogens with zero attached hydrogens (tertiary/aromatic N) is 4. The van der Waals surface area contributed by atoms with E-state index in [2.05, 4.69) is 19.9 Å². The molecule has 19 heavy (non-hydrogen) atoms. The zero-order valence-corrected chi connectivity index (χ0v) is 9.78. The van der Waals surface area contributed by atoms with Gasteiger partial charge in [0.15, 0.2) is 17.3 Å². The Labute approximate surface area is 107 Å². The van der Waals surface area contributed by atoms with Gasteiger partial charge in [-0.1, -0.05) is 12.1 Å². The van der Waals surface area contributed by atoms with Crippen LogP contribution in [0.1, 0.15) is 0 Å². The lowest BCUT2D eigenvalue weighted by Gasteiger charge is -2.04. The van der Waals surface area contributed by atoms with Gasteiger partial charge in [-0.3, -0.25) is 4.79 Å². The number of benzene rings is 1. The Morgan fingerprint density at radius 2 is 2.11 bits per heavy atom. The zero-order valence-electron chi connectivity index (χ0n) is 9.78. The van der Waals surface area contributed by atoms with E-state index in [0.717, 1.165) is 5.52 Å². The third-order valence-corrected chi connectivity index (χ3v) is 2.69. The SMILES string of the molecule is NC(=O)Cn1c(-c2nonc2N)nc2ccccc21. The molecule has 96 valence electrons. The topological polar surface area (TPSA) is 126 Å². The van der Waals surface area contributed by atoms with Gasteiger partial charge in [-0.05, 0) is 22.4 Å². The highest BCUT2D eigenvalue weighted by Crippen LogP contribution is 2.26. The number of nitrogen functional groups attached to an aromatic ring is 1. The van der Waals surface area contributed by atoms with E-state index in [1.54, 1.807) is 4.57 Å². The number of anilines is 1. The van der Waals surface area contributed by atoms with Gasteiger partial charge in [0.25, 0.3) is 0 Å². The Kier molecular flexibility index (Phi) is 2.41. The van der Waals surface area contributed by atoms with Crippen LogP contribution < -0.4 is 11.5 Å². The van der Waals surface area contributed by atoms with Crippen LogP contribution in [-0.2, 0) is 11.3 Å². The number of rotatable bonds is 3. The summed E-state index contributed by atoms with van der Waals surface area (Å²) in [7, 11) is 0. The molecule has 3 aromatic rings. The number of aromatic nitrogens is 4. The van der Waals surface area contributed by atoms with Crippen LogP contribution >= 0.6 is 0 Å². The van der Waals surface area contributed by atoms with Crippen LogP contribution in [0.3, 0.4) is 0 Å². The largest absolute Gasteiger partial charge is 0.379 e. The summed E-state index contributed by atoms with van der Waals surface area (Å²) < 4.78 is 6.19. The summed E-state index contributed by atoms with van der Waals surface area (Å²) in [6.45, 7) is -0.0256. The first-order valence-corrected chi connectivity index (χ1v) is 5.49. The van der Waals surface area contributed by atoms with Crippen LogP contribution in [0.25, 0.3) is 22.6 Å². The average molecular weight is 258 g/mol. The van der Waals surface area contributed by atoms with Gasteiger partial charge in [0.2, 0.25) is 5.91 Å². The van der Waals surface area contributed by atoms with E-state index in [1.807, 2.05) is 24.3 Å². The van der Waals surface area contributed by atoms with Crippen molar-refractivity contribution in [1.82, 2.24) is 19.9 Å². The molecular formula is C11H10N6O2. The van der Waals surface area contributed by atoms with Gasteiger partial charge in [-0.2, -0.15) is 0 Å². The van der Waals surface area contributed by atoms with Crippen molar-refractivity contribution in [1.29, 1.82) is 0 Å². The number of carbonyl (C=O) groups is 1. The van der Waals surface area contributed by atoms with Gasteiger partial charge in [0.05, 0.1) is 11.0 Å². The number of nitrogens with two attached hydrogens (primary N) is 2. The number of carbonyl (C=O) groups excluding carboxylic acids is 1. The number of fused-ring (bicyclic) bond motifs is 1. The Hall–Kier alpha value is -2.90. The molecule has 4 N–H and O–H groups in total. The predicted molar refractivity (Wildman–Crippen MR) is 66.6 cm³/mol. The fraction of sp³-hybridized carbons (Fsp3) is 0.0909. The van der Waals surface area contributed by atoms with Crippen molar-refractivity contribution in [2.24, 2.45) is 5.73 Å². The maximum Gasteiger partial charge on any atom is 0.237 e. The summed E-state index contributed by atoms with van der Waals surface area (Å²) in [6, 6.07) is 7.34. The lowest BCUT2D eigenvalue weighted by Crippen LogP contribution is -2.19. The van der Waals surface area contributed by atoms with Gasteiger partial charge in [-0.25, -0.2) is 9.61 Å². The normalized spacial score (nSPS) is 10.9. The first kappa shape index (κ1) is 11.2. The standard InChI is InChI=1S/C11H10N6O2/c12-8(18)5-17-7-4-2-1-3-6(7)14-11(17)9-10(13)16-19-15-9/h1-4H,5H2,(H2,12,18)(H2,13,16). The molecular weight excluding hydrogens is 248 g/mol. The molecule has 0 unspecified atom stereocenters. The second-order valence-corrected chi connectivity index (χ2v) is 3.97. The molecule has 8 nitrogen and oxygen atoms in total. The molecule has 0 aliphatic carbocycles. The van der Waals surface area contributed by atoms with Gasteiger partial charge >= 0.3 is 0 Å². The molecule has 8 heteroatoms. The molecule has 0 aliphatic rings. The lowest BCUT2D eigenvalue weighted by atomic mass is 10.3. The fourth-order valence-corrected chi connectivity index (χ4v) is 1.92. The smallest absolute Gasteiger partial charge is 0.237 e. The van der Waals surface area contributed by atoms with Crippen LogP contribution in [0, 0.1) is 0 Å². The summed E-state index contributed by atoms with van der Waals surface area (Å²) in [4.78, 5) is 15.6. The minimum Gasteiger partial charge on any atom is -0.379 e. The van der Waals surface area contributed by atoms with Crippen molar-refractivity contribution in [3.05, 3.63) is 24.3 Å². The highest BCUT2D eigenvalue weighted by Gasteiger charge is 2.19. The predicted octanol–water partition coefficient (Wildman–Crippen LogP) is 0.154. The van der Waals surface area contributed by atoms with Crippen molar-refractivity contribution in [2.75, 3.05) is 5.73 Å². The minimum atomic E-state index is -0.487. The summed E-state index contributed by atoms with van der Waals surface area (Å²) in [6.07, 6.45) is 0. The van der Waals surface area contributed by atoms with Gasteiger partial charge in [-0.15, -0.1) is 0 Å². The molecule has 0 fully saturated rings. The van der Waals surface area contributed by atoms with Crippen molar-refractivity contribution in [2.45, 2.75) is 6.54 Å². The third kappa shape index (κ3) is 1.79. The summed E-state index contributed by atoms with van der Waals surface area (Å²) >= 11 is 0. The number of primary amides is 1. The maximum absolute atomic E-state index is 11.2. The second-order valence-electron chi connectivity index (χ2n) is 3.97. The first-order valence-electron chi connectivity index (χ1n) is 5.49. The summed E-state index contributed by atoms with van der Waals surface area (Å²) in [5, 5.41) is 7.21. The molecule has 0 radical (unpaired) electrons. The fourth-order valence-electron chi connectivity index (χ4n) is 1.92. The van der Waals surface area contributed by atoms with E-state index in [4.69, 9.17) is 11.5 Å². The molecule has 1 amide bonds. The van der Waals surface area contributed by atoms with E-state index in [9.17, 15) is 4.79 Å². The Balaban J connectivity index is 2.28. The lowest BCUT2D eigenvalue weighted by molar-refractivity contribution is -0.118. The van der Waals surface area contributed by atoms with Gasteiger partial charge in [0, 0.05) is 0 Å². The van der Waals surface area contributed by atoms with Crippen molar-refractivity contribution in [3.63, 3.8) is 0 Å². The molecule has 0 bridgehead atoms.